The number of hydrogen-bond acceptors (Lipinski definition) is 2. The fraction of sp³-hybridized carbons (Fsp3) is 0.412. The van der Waals surface area contributed by atoms with Crippen molar-refractivity contribution in [3.8, 4) is 0 Å². The fourth-order valence-corrected chi connectivity index (χ4v) is 3.53. The van der Waals surface area contributed by atoms with Gasteiger partial charge in [0.25, 0.3) is 0 Å². The molecular weight excluding hydrogens is 389 g/mol. The lowest BCUT2D eigenvalue weighted by atomic mass is 10.1. The van der Waals surface area contributed by atoms with Crippen LogP contribution in [0.4, 0.5) is 0 Å². The maximum absolute atomic E-state index is 12.8. The number of halogens is 1. The van der Waals surface area contributed by atoms with Crippen molar-refractivity contribution >= 4 is 44.5 Å². The van der Waals surface area contributed by atoms with E-state index >= 15 is 0 Å². The number of aryl methyl sites for hydroxylation is 3. The topological polar surface area (TPSA) is 39.8 Å². The van der Waals surface area contributed by atoms with Crippen LogP contribution >= 0.6 is 22.6 Å². The summed E-state index contributed by atoms with van der Waals surface area (Å²) >= 11 is 2.42. The van der Waals surface area contributed by atoms with Gasteiger partial charge in [-0.25, -0.2) is 0 Å². The molecule has 2 aromatic heterocycles. The Morgan fingerprint density at radius 2 is 2.00 bits per heavy atom. The zero-order valence-electron chi connectivity index (χ0n) is 13.0. The summed E-state index contributed by atoms with van der Waals surface area (Å²) < 4.78 is 5.15. The van der Waals surface area contributed by atoms with Crippen LogP contribution in [0.15, 0.2) is 29.2 Å². The van der Waals surface area contributed by atoms with Crippen LogP contribution in [0.5, 0.6) is 0 Å². The number of unbranched alkanes of at least 4 members (excludes halogenated alkanes) is 2. The second-order valence-electron chi connectivity index (χ2n) is 5.75. The number of benzene rings is 1. The van der Waals surface area contributed by atoms with Gasteiger partial charge in [0.1, 0.15) is 5.52 Å². The summed E-state index contributed by atoms with van der Waals surface area (Å²) in [5.41, 5.74) is 3.86. The van der Waals surface area contributed by atoms with Crippen LogP contribution in [0, 0.1) is 6.92 Å². The Balaban J connectivity index is 2.21. The molecule has 5 heteroatoms. The first kappa shape index (κ1) is 15.5. The van der Waals surface area contributed by atoms with Crippen LogP contribution < -0.4 is 5.43 Å². The molecule has 0 atom stereocenters. The molecule has 1 aromatic carbocycles. The normalized spacial score (nSPS) is 11.6. The van der Waals surface area contributed by atoms with Gasteiger partial charge in [-0.3, -0.25) is 9.48 Å². The minimum Gasteiger partial charge on any atom is -0.338 e. The molecule has 2 heterocycles. The molecule has 0 radical (unpaired) electrons. The molecule has 0 bridgehead atoms. The van der Waals surface area contributed by atoms with Crippen molar-refractivity contribution in [2.24, 2.45) is 7.05 Å². The van der Waals surface area contributed by atoms with Gasteiger partial charge in [0, 0.05) is 19.0 Å². The average Bonchev–Trinajstić information content (AvgIpc) is 2.89. The SMILES string of the molecule is Cc1ccc2c(c1)c(=O)c1c(cnn1C)n2CCCCCI. The van der Waals surface area contributed by atoms with Crippen molar-refractivity contribution in [3.05, 3.63) is 40.2 Å². The minimum atomic E-state index is 0.0808. The Bertz CT molecular complexity index is 879. The van der Waals surface area contributed by atoms with Crippen molar-refractivity contribution in [3.63, 3.8) is 0 Å². The molecular formula is C17H20IN3O. The quantitative estimate of drug-likeness (QED) is 0.365. The molecule has 0 saturated carbocycles. The highest BCUT2D eigenvalue weighted by Crippen LogP contribution is 2.20. The second-order valence-corrected chi connectivity index (χ2v) is 6.83. The Morgan fingerprint density at radius 3 is 2.77 bits per heavy atom. The predicted molar refractivity (Wildman–Crippen MR) is 100.0 cm³/mol. The monoisotopic (exact) mass is 409 g/mol. The van der Waals surface area contributed by atoms with Gasteiger partial charge < -0.3 is 4.57 Å². The van der Waals surface area contributed by atoms with Crippen molar-refractivity contribution < 1.29 is 0 Å². The standard InChI is InChI=1S/C17H20IN3O/c1-12-6-7-14-13(10-12)17(22)16-15(11-19-20(16)2)21(14)9-5-3-4-8-18/h6-7,10-11H,3-5,8-9H2,1-2H3. The van der Waals surface area contributed by atoms with Crippen molar-refractivity contribution in [1.29, 1.82) is 0 Å². The van der Waals surface area contributed by atoms with E-state index < -0.39 is 0 Å². The Kier molecular flexibility index (Phi) is 4.52. The molecule has 0 unspecified atom stereocenters. The second kappa shape index (κ2) is 6.40. The molecule has 0 fully saturated rings. The molecule has 0 N–H and O–H groups in total. The van der Waals surface area contributed by atoms with Crippen molar-refractivity contribution in [2.75, 3.05) is 4.43 Å². The number of pyridine rings is 1. The molecule has 4 nitrogen and oxygen atoms in total. The third-order valence-electron chi connectivity index (χ3n) is 4.13. The summed E-state index contributed by atoms with van der Waals surface area (Å²) in [7, 11) is 1.84. The third-order valence-corrected chi connectivity index (χ3v) is 4.89. The first-order valence-corrected chi connectivity index (χ1v) is 9.17. The Morgan fingerprint density at radius 1 is 1.18 bits per heavy atom. The van der Waals surface area contributed by atoms with E-state index in [2.05, 4.69) is 44.4 Å². The van der Waals surface area contributed by atoms with E-state index in [1.54, 1.807) is 4.68 Å². The van der Waals surface area contributed by atoms with E-state index in [1.807, 2.05) is 26.2 Å². The van der Waals surface area contributed by atoms with Gasteiger partial charge in [0.15, 0.2) is 0 Å². The zero-order valence-corrected chi connectivity index (χ0v) is 15.1. The van der Waals surface area contributed by atoms with Crippen molar-refractivity contribution in [1.82, 2.24) is 14.3 Å². The zero-order chi connectivity index (χ0) is 15.7. The van der Waals surface area contributed by atoms with Crippen LogP contribution in [0.25, 0.3) is 21.9 Å². The molecule has 0 aliphatic heterocycles. The molecule has 22 heavy (non-hydrogen) atoms. The van der Waals surface area contributed by atoms with Gasteiger partial charge in [-0.1, -0.05) is 40.6 Å². The summed E-state index contributed by atoms with van der Waals surface area (Å²) in [5.74, 6) is 0. The van der Waals surface area contributed by atoms with Crippen LogP contribution in [0.2, 0.25) is 0 Å². The minimum absolute atomic E-state index is 0.0808. The van der Waals surface area contributed by atoms with Gasteiger partial charge in [-0.05, 0) is 36.3 Å². The lowest BCUT2D eigenvalue weighted by Gasteiger charge is -2.13. The summed E-state index contributed by atoms with van der Waals surface area (Å²) in [6.45, 7) is 2.95. The van der Waals surface area contributed by atoms with Gasteiger partial charge in [0.05, 0.1) is 17.2 Å². The first-order valence-electron chi connectivity index (χ1n) is 7.64. The molecule has 3 rings (SSSR count). The summed E-state index contributed by atoms with van der Waals surface area (Å²) in [6.07, 6.45) is 5.39. The lowest BCUT2D eigenvalue weighted by molar-refractivity contribution is 0.630. The van der Waals surface area contributed by atoms with Gasteiger partial charge in [-0.2, -0.15) is 5.10 Å². The van der Waals surface area contributed by atoms with Gasteiger partial charge in [-0.15, -0.1) is 0 Å². The maximum Gasteiger partial charge on any atom is 0.215 e. The van der Waals surface area contributed by atoms with E-state index in [-0.39, 0.29) is 5.43 Å². The van der Waals surface area contributed by atoms with Crippen molar-refractivity contribution in [2.45, 2.75) is 32.7 Å². The Labute approximate surface area is 143 Å². The number of hydrogen-bond donors (Lipinski definition) is 0. The van der Waals surface area contributed by atoms with E-state index in [9.17, 15) is 4.79 Å². The lowest BCUT2D eigenvalue weighted by Crippen LogP contribution is -2.13. The number of aromatic nitrogens is 3. The predicted octanol–water partition coefficient (Wildman–Crippen LogP) is 3.80. The average molecular weight is 409 g/mol. The van der Waals surface area contributed by atoms with Crippen LogP contribution in [0.3, 0.4) is 0 Å². The molecule has 3 aromatic rings. The molecule has 0 saturated heterocycles. The molecule has 0 spiro atoms. The number of rotatable bonds is 5. The maximum atomic E-state index is 12.8. The summed E-state index contributed by atoms with van der Waals surface area (Å²) in [6, 6.07) is 6.13. The molecule has 116 valence electrons. The number of fused-ring (bicyclic) bond motifs is 2. The largest absolute Gasteiger partial charge is 0.338 e. The third kappa shape index (κ3) is 2.66. The van der Waals surface area contributed by atoms with E-state index in [4.69, 9.17) is 0 Å². The van der Waals surface area contributed by atoms with Crippen LogP contribution in [-0.2, 0) is 13.6 Å². The van der Waals surface area contributed by atoms with Crippen LogP contribution in [0.1, 0.15) is 24.8 Å². The van der Waals surface area contributed by atoms with Gasteiger partial charge >= 0.3 is 0 Å². The number of nitrogens with zero attached hydrogens (tertiary/aromatic N) is 3. The molecule has 0 amide bonds. The highest BCUT2D eigenvalue weighted by atomic mass is 127. The highest BCUT2D eigenvalue weighted by Gasteiger charge is 2.14. The summed E-state index contributed by atoms with van der Waals surface area (Å²) in [5, 5.41) is 5.10. The molecule has 0 aliphatic carbocycles. The summed E-state index contributed by atoms with van der Waals surface area (Å²) in [4.78, 5) is 12.8. The van der Waals surface area contributed by atoms with E-state index in [1.165, 1.54) is 17.3 Å². The van der Waals surface area contributed by atoms with Crippen LogP contribution in [-0.4, -0.2) is 18.8 Å². The Hall–Kier alpha value is -1.37. The first-order chi connectivity index (χ1) is 10.6. The number of alkyl halides is 1. The van der Waals surface area contributed by atoms with E-state index in [0.29, 0.717) is 5.52 Å². The van der Waals surface area contributed by atoms with E-state index in [0.717, 1.165) is 34.9 Å². The van der Waals surface area contributed by atoms with Gasteiger partial charge in [0.2, 0.25) is 5.43 Å². The highest BCUT2D eigenvalue weighted by molar-refractivity contribution is 14.1. The molecule has 0 aliphatic rings. The fourth-order valence-electron chi connectivity index (χ4n) is 2.99. The smallest absolute Gasteiger partial charge is 0.215 e.